The van der Waals surface area contributed by atoms with Gasteiger partial charge in [0.2, 0.25) is 9.84 Å². The Morgan fingerprint density at radius 2 is 1.19 bits per heavy atom. The molecule has 2 aromatic heterocycles. The molecule has 0 atom stereocenters. The number of sulfone groups is 1. The number of aromatic nitrogens is 2. The highest BCUT2D eigenvalue weighted by molar-refractivity contribution is 9.11. The van der Waals surface area contributed by atoms with E-state index in [1.54, 1.807) is 12.1 Å². The van der Waals surface area contributed by atoms with E-state index in [0.717, 1.165) is 0 Å². The minimum Gasteiger partial charge on any atom is -0.233 e. The number of hydrogen-bond acceptors (Lipinski definition) is 10. The summed E-state index contributed by atoms with van der Waals surface area (Å²) < 4.78 is 36.4. The van der Waals surface area contributed by atoms with Gasteiger partial charge in [0.25, 0.3) is 0 Å². The molecule has 0 aliphatic rings. The highest BCUT2D eigenvalue weighted by atomic mass is 79.9. The molecule has 0 unspecified atom stereocenters. The summed E-state index contributed by atoms with van der Waals surface area (Å²) >= 11 is 18.8. The Labute approximate surface area is 217 Å². The normalized spacial score (nSPS) is 13.2. The molecule has 15 heteroatoms. The summed E-state index contributed by atoms with van der Waals surface area (Å²) in [5.41, 5.74) is 1.10. The number of rotatable bonds is 4. The van der Waals surface area contributed by atoms with Crippen LogP contribution in [0.15, 0.2) is 65.1 Å². The van der Waals surface area contributed by atoms with Gasteiger partial charge in [0.1, 0.15) is 0 Å². The first-order valence-electron chi connectivity index (χ1n) is 7.92. The van der Waals surface area contributed by atoms with Gasteiger partial charge >= 0.3 is 0 Å². The molecule has 4 rings (SSSR count). The van der Waals surface area contributed by atoms with Crippen LogP contribution in [0.25, 0.3) is 0 Å². The SMILES string of the molecule is O=S(=O)(c1ccc(N=c2ssnc2Cl)c(Br)c1)c1ccc(N=c2ssnc2Cl)c(Br)c1. The molecule has 160 valence electrons. The number of benzene rings is 2. The Hall–Kier alpha value is -0.510. The average Bonchev–Trinajstić information content (AvgIpc) is 3.32. The lowest BCUT2D eigenvalue weighted by atomic mass is 10.3. The van der Waals surface area contributed by atoms with Crippen molar-refractivity contribution in [2.24, 2.45) is 9.98 Å². The third-order valence-electron chi connectivity index (χ3n) is 3.72. The molecular weight excluding hydrogens is 671 g/mol. The molecule has 0 saturated heterocycles. The van der Waals surface area contributed by atoms with Crippen molar-refractivity contribution in [1.82, 2.24) is 8.75 Å². The Morgan fingerprint density at radius 3 is 1.52 bits per heavy atom. The summed E-state index contributed by atoms with van der Waals surface area (Å²) in [6.07, 6.45) is 0. The van der Waals surface area contributed by atoms with Crippen LogP contribution < -0.4 is 9.34 Å². The second-order valence-electron chi connectivity index (χ2n) is 5.64. The lowest BCUT2D eigenvalue weighted by Gasteiger charge is -2.08. The quantitative estimate of drug-likeness (QED) is 0.221. The molecule has 0 aliphatic heterocycles. The van der Waals surface area contributed by atoms with Crippen molar-refractivity contribution in [3.8, 4) is 0 Å². The molecule has 4 aromatic rings. The summed E-state index contributed by atoms with van der Waals surface area (Å²) in [6, 6.07) is 9.26. The number of halogens is 4. The molecule has 0 spiro atoms. The highest BCUT2D eigenvalue weighted by Gasteiger charge is 2.20. The highest BCUT2D eigenvalue weighted by Crippen LogP contribution is 2.34. The average molecular weight is 677 g/mol. The van der Waals surface area contributed by atoms with Gasteiger partial charge in [0.15, 0.2) is 19.6 Å². The van der Waals surface area contributed by atoms with Gasteiger partial charge in [-0.3, -0.25) is 0 Å². The van der Waals surface area contributed by atoms with Crippen LogP contribution in [-0.2, 0) is 9.84 Å². The van der Waals surface area contributed by atoms with E-state index in [4.69, 9.17) is 23.2 Å². The Kier molecular flexibility index (Phi) is 7.45. The molecular formula is C16H6Br2Cl2N4O2S5. The summed E-state index contributed by atoms with van der Waals surface area (Å²) in [6.45, 7) is 0. The molecule has 0 fully saturated rings. The number of nitrogens with zero attached hydrogens (tertiary/aromatic N) is 4. The van der Waals surface area contributed by atoms with E-state index in [-0.39, 0.29) is 9.79 Å². The first kappa shape index (κ1) is 23.6. The van der Waals surface area contributed by atoms with E-state index in [2.05, 4.69) is 50.6 Å². The van der Waals surface area contributed by atoms with Gasteiger partial charge in [-0.05, 0) is 88.9 Å². The van der Waals surface area contributed by atoms with Crippen molar-refractivity contribution in [1.29, 1.82) is 0 Å². The molecule has 0 radical (unpaired) electrons. The zero-order valence-corrected chi connectivity index (χ0v) is 23.4. The maximum absolute atomic E-state index is 13.1. The van der Waals surface area contributed by atoms with E-state index in [0.29, 0.717) is 40.0 Å². The fourth-order valence-corrected chi connectivity index (χ4v) is 8.82. The van der Waals surface area contributed by atoms with E-state index in [1.807, 2.05) is 0 Å². The van der Waals surface area contributed by atoms with Gasteiger partial charge in [-0.2, -0.15) is 8.75 Å². The molecule has 0 aliphatic carbocycles. The molecule has 31 heavy (non-hydrogen) atoms. The van der Waals surface area contributed by atoms with Crippen molar-refractivity contribution in [2.75, 3.05) is 0 Å². The van der Waals surface area contributed by atoms with E-state index in [9.17, 15) is 8.42 Å². The summed E-state index contributed by atoms with van der Waals surface area (Å²) in [4.78, 5) is 9.10. The predicted molar refractivity (Wildman–Crippen MR) is 134 cm³/mol. The van der Waals surface area contributed by atoms with Crippen LogP contribution in [0.2, 0.25) is 10.3 Å². The van der Waals surface area contributed by atoms with Crippen molar-refractivity contribution in [3.63, 3.8) is 0 Å². The van der Waals surface area contributed by atoms with Crippen LogP contribution >= 0.6 is 96.8 Å². The lowest BCUT2D eigenvalue weighted by Crippen LogP contribution is -2.02. The molecule has 2 aromatic carbocycles. The van der Waals surface area contributed by atoms with Crippen LogP contribution in [-0.4, -0.2) is 17.2 Å². The van der Waals surface area contributed by atoms with Gasteiger partial charge < -0.3 is 0 Å². The van der Waals surface area contributed by atoms with E-state index in [1.165, 1.54) is 66.0 Å². The molecule has 2 heterocycles. The monoisotopic (exact) mass is 674 g/mol. The lowest BCUT2D eigenvalue weighted by molar-refractivity contribution is 0.596. The second-order valence-corrected chi connectivity index (χ2v) is 13.7. The zero-order chi connectivity index (χ0) is 22.2. The van der Waals surface area contributed by atoms with Crippen molar-refractivity contribution < 1.29 is 8.42 Å². The smallest absolute Gasteiger partial charge is 0.206 e. The molecule has 0 bridgehead atoms. The van der Waals surface area contributed by atoms with Crippen LogP contribution in [0.3, 0.4) is 0 Å². The molecule has 6 nitrogen and oxygen atoms in total. The number of hydrogen-bond donors (Lipinski definition) is 0. The minimum absolute atomic E-state index is 0.125. The van der Waals surface area contributed by atoms with Crippen molar-refractivity contribution in [3.05, 3.63) is 65.0 Å². The minimum atomic E-state index is -3.77. The Bertz CT molecular complexity index is 1420. The van der Waals surface area contributed by atoms with Crippen LogP contribution in [0.5, 0.6) is 0 Å². The van der Waals surface area contributed by atoms with Gasteiger partial charge in [-0.15, -0.1) is 0 Å². The zero-order valence-electron chi connectivity index (χ0n) is 14.6. The molecule has 0 amide bonds. The Balaban J connectivity index is 1.70. The fourth-order valence-electron chi connectivity index (χ4n) is 2.30. The van der Waals surface area contributed by atoms with Gasteiger partial charge in [0.05, 0.1) is 21.2 Å². The van der Waals surface area contributed by atoms with E-state index >= 15 is 0 Å². The standard InChI is InChI=1S/C16H6Br2Cl2N4O2S5/c17-9-5-7(1-3-11(9)21-15-13(19)23-29-27-15)31(25,26)8-2-4-12(10(18)6-8)22-16-14(20)24-30-28-16/h1-6H. The predicted octanol–water partition coefficient (Wildman–Crippen LogP) is 6.85. The van der Waals surface area contributed by atoms with Gasteiger partial charge in [-0.1, -0.05) is 23.2 Å². The first-order chi connectivity index (χ1) is 14.8. The maximum Gasteiger partial charge on any atom is 0.206 e. The largest absolute Gasteiger partial charge is 0.233 e. The fraction of sp³-hybridized carbons (Fsp3) is 0. The van der Waals surface area contributed by atoms with Crippen LogP contribution in [0.1, 0.15) is 0 Å². The second kappa shape index (κ2) is 9.77. The topological polar surface area (TPSA) is 84.6 Å². The first-order valence-corrected chi connectivity index (χ1v) is 16.0. The third kappa shape index (κ3) is 5.20. The van der Waals surface area contributed by atoms with E-state index < -0.39 is 9.84 Å². The summed E-state index contributed by atoms with van der Waals surface area (Å²) in [5, 5.41) is 0.628. The van der Waals surface area contributed by atoms with Gasteiger partial charge in [0, 0.05) is 30.0 Å². The Morgan fingerprint density at radius 1 is 0.774 bits per heavy atom. The van der Waals surface area contributed by atoms with Gasteiger partial charge in [-0.25, -0.2) is 18.4 Å². The van der Waals surface area contributed by atoms with Crippen molar-refractivity contribution >= 4 is 118 Å². The van der Waals surface area contributed by atoms with Crippen LogP contribution in [0.4, 0.5) is 11.4 Å². The van der Waals surface area contributed by atoms with Crippen LogP contribution in [0, 0.1) is 0 Å². The summed E-state index contributed by atoms with van der Waals surface area (Å²) in [5.74, 6) is 0. The molecule has 0 saturated carbocycles. The maximum atomic E-state index is 13.1. The summed E-state index contributed by atoms with van der Waals surface area (Å²) in [7, 11) is 1.36. The van der Waals surface area contributed by atoms with Crippen molar-refractivity contribution in [2.45, 2.75) is 9.79 Å². The third-order valence-corrected chi connectivity index (χ3v) is 11.1. The molecule has 0 N–H and O–H groups in total.